The second kappa shape index (κ2) is 8.21. The van der Waals surface area contributed by atoms with E-state index in [1.165, 1.54) is 16.7 Å². The molecule has 0 spiro atoms. The van der Waals surface area contributed by atoms with Gasteiger partial charge in [0.25, 0.3) is 0 Å². The predicted octanol–water partition coefficient (Wildman–Crippen LogP) is 2.86. The molecule has 0 aliphatic rings. The molecule has 1 amide bonds. The third-order valence-corrected chi connectivity index (χ3v) is 4.88. The van der Waals surface area contributed by atoms with Crippen molar-refractivity contribution >= 4 is 35.2 Å². The summed E-state index contributed by atoms with van der Waals surface area (Å²) in [5.41, 5.74) is 1.85. The highest BCUT2D eigenvalue weighted by molar-refractivity contribution is 7.99. The minimum absolute atomic E-state index is 0.0662. The topological polar surface area (TPSA) is 75.4 Å². The fourth-order valence-electron chi connectivity index (χ4n) is 2.06. The van der Waals surface area contributed by atoms with Crippen LogP contribution < -0.4 is 0 Å². The van der Waals surface area contributed by atoms with Crippen LogP contribution in [0.5, 0.6) is 0 Å². The molecule has 2 aromatic rings. The van der Waals surface area contributed by atoms with Crippen molar-refractivity contribution in [3.63, 3.8) is 0 Å². The van der Waals surface area contributed by atoms with Gasteiger partial charge in [0.2, 0.25) is 5.91 Å². The van der Waals surface area contributed by atoms with E-state index in [0.717, 1.165) is 11.3 Å². The Morgan fingerprint density at radius 2 is 2.17 bits per heavy atom. The summed E-state index contributed by atoms with van der Waals surface area (Å²) in [7, 11) is 1.60. The predicted molar refractivity (Wildman–Crippen MR) is 93.9 cm³/mol. The number of aromatic nitrogens is 2. The maximum Gasteiger partial charge on any atom is 0.305 e. The molecule has 0 saturated heterocycles. The van der Waals surface area contributed by atoms with E-state index in [4.69, 9.17) is 16.7 Å². The summed E-state index contributed by atoms with van der Waals surface area (Å²) in [5, 5.41) is 10.0. The van der Waals surface area contributed by atoms with Gasteiger partial charge in [0, 0.05) is 31.0 Å². The van der Waals surface area contributed by atoms with Crippen molar-refractivity contribution in [2.24, 2.45) is 0 Å². The molecule has 1 aromatic carbocycles. The second-order valence-corrected chi connectivity index (χ2v) is 6.56. The first kappa shape index (κ1) is 18.4. The fraction of sp³-hybridized carbons (Fsp3) is 0.312. The highest BCUT2D eigenvalue weighted by Gasteiger charge is 2.14. The van der Waals surface area contributed by atoms with E-state index in [-0.39, 0.29) is 24.6 Å². The number of nitrogens with zero attached hydrogens (tertiary/aromatic N) is 3. The van der Waals surface area contributed by atoms with E-state index in [2.05, 4.69) is 4.98 Å². The molecule has 0 unspecified atom stereocenters. The lowest BCUT2D eigenvalue weighted by Crippen LogP contribution is -2.30. The molecule has 0 bridgehead atoms. The first-order chi connectivity index (χ1) is 11.4. The van der Waals surface area contributed by atoms with Gasteiger partial charge in [-0.2, -0.15) is 0 Å². The van der Waals surface area contributed by atoms with Crippen LogP contribution in [0.3, 0.4) is 0 Å². The van der Waals surface area contributed by atoms with Crippen molar-refractivity contribution in [1.29, 1.82) is 0 Å². The van der Waals surface area contributed by atoms with Crippen LogP contribution in [0.4, 0.5) is 0 Å². The highest BCUT2D eigenvalue weighted by atomic mass is 35.5. The first-order valence-corrected chi connectivity index (χ1v) is 8.64. The van der Waals surface area contributed by atoms with Gasteiger partial charge in [-0.25, -0.2) is 4.98 Å². The summed E-state index contributed by atoms with van der Waals surface area (Å²) in [4.78, 5) is 28.3. The van der Waals surface area contributed by atoms with Crippen LogP contribution in [0.25, 0.3) is 5.69 Å². The van der Waals surface area contributed by atoms with Gasteiger partial charge in [-0.15, -0.1) is 0 Å². The maximum absolute atomic E-state index is 12.1. The molecular weight excluding hydrogens is 350 g/mol. The number of halogens is 1. The van der Waals surface area contributed by atoms with Crippen molar-refractivity contribution < 1.29 is 14.7 Å². The van der Waals surface area contributed by atoms with Gasteiger partial charge in [0.1, 0.15) is 0 Å². The number of carbonyl (C=O) groups is 2. The summed E-state index contributed by atoms with van der Waals surface area (Å²) in [6, 6.07) is 5.63. The number of carboxylic acids is 1. The third-order valence-electron chi connectivity index (χ3n) is 3.52. The Morgan fingerprint density at radius 3 is 2.88 bits per heavy atom. The van der Waals surface area contributed by atoms with Gasteiger partial charge in [0.15, 0.2) is 5.16 Å². The Bertz CT molecular complexity index is 748. The molecule has 0 aliphatic heterocycles. The van der Waals surface area contributed by atoms with Crippen molar-refractivity contribution in [3.8, 4) is 5.69 Å². The van der Waals surface area contributed by atoms with Crippen molar-refractivity contribution in [3.05, 3.63) is 41.2 Å². The van der Waals surface area contributed by atoms with E-state index in [1.807, 2.05) is 35.9 Å². The molecule has 0 radical (unpaired) electrons. The number of benzene rings is 1. The van der Waals surface area contributed by atoms with Gasteiger partial charge >= 0.3 is 5.97 Å². The second-order valence-electron chi connectivity index (χ2n) is 5.21. The standard InChI is InChI=1S/C16H18ClN3O3S/c1-11-12(17)4-3-5-13(11)20-9-7-18-16(20)24-10-14(21)19(2)8-6-15(22)23/h3-5,7,9H,6,8,10H2,1-2H3,(H,22,23). The third kappa shape index (κ3) is 4.52. The number of carboxylic acid groups (broad SMARTS) is 1. The number of carbonyl (C=O) groups excluding carboxylic acids is 1. The van der Waals surface area contributed by atoms with Gasteiger partial charge in [-0.3, -0.25) is 14.2 Å². The lowest BCUT2D eigenvalue weighted by molar-refractivity contribution is -0.137. The highest BCUT2D eigenvalue weighted by Crippen LogP contribution is 2.26. The molecule has 1 heterocycles. The summed E-state index contributed by atoms with van der Waals surface area (Å²) < 4.78 is 1.89. The molecule has 1 aromatic heterocycles. The van der Waals surface area contributed by atoms with Crippen molar-refractivity contribution in [2.45, 2.75) is 18.5 Å². The quantitative estimate of drug-likeness (QED) is 0.761. The number of imidazole rings is 1. The molecular formula is C16H18ClN3O3S. The van der Waals surface area contributed by atoms with Crippen LogP contribution in [0, 0.1) is 6.92 Å². The zero-order chi connectivity index (χ0) is 17.7. The fourth-order valence-corrected chi connectivity index (χ4v) is 3.14. The normalized spacial score (nSPS) is 10.6. The zero-order valence-electron chi connectivity index (χ0n) is 13.4. The van der Waals surface area contributed by atoms with Gasteiger partial charge < -0.3 is 10.0 Å². The number of aliphatic carboxylic acids is 1. The Hall–Kier alpha value is -1.99. The summed E-state index contributed by atoms with van der Waals surface area (Å²) in [6.07, 6.45) is 3.42. The van der Waals surface area contributed by atoms with E-state index >= 15 is 0 Å². The molecule has 8 heteroatoms. The molecule has 0 fully saturated rings. The minimum atomic E-state index is -0.922. The minimum Gasteiger partial charge on any atom is -0.481 e. The Kier molecular flexibility index (Phi) is 6.28. The van der Waals surface area contributed by atoms with Crippen LogP contribution in [0.15, 0.2) is 35.7 Å². The number of rotatable bonds is 7. The zero-order valence-corrected chi connectivity index (χ0v) is 15.0. The van der Waals surface area contributed by atoms with E-state index in [0.29, 0.717) is 10.2 Å². The van der Waals surface area contributed by atoms with Gasteiger partial charge in [-0.05, 0) is 24.6 Å². The average Bonchev–Trinajstić information content (AvgIpc) is 3.01. The Labute approximate surface area is 149 Å². The monoisotopic (exact) mass is 367 g/mol. The molecule has 0 atom stereocenters. The molecule has 0 aliphatic carbocycles. The first-order valence-electron chi connectivity index (χ1n) is 7.27. The van der Waals surface area contributed by atoms with Gasteiger partial charge in [0.05, 0.1) is 17.9 Å². The lowest BCUT2D eigenvalue weighted by atomic mass is 10.2. The van der Waals surface area contributed by atoms with Crippen LogP contribution in [0.1, 0.15) is 12.0 Å². The maximum atomic E-state index is 12.1. The van der Waals surface area contributed by atoms with Gasteiger partial charge in [-0.1, -0.05) is 29.4 Å². The van der Waals surface area contributed by atoms with Crippen LogP contribution >= 0.6 is 23.4 Å². The number of hydrogen-bond donors (Lipinski definition) is 1. The van der Waals surface area contributed by atoms with Crippen LogP contribution in [-0.4, -0.2) is 50.8 Å². The molecule has 6 nitrogen and oxygen atoms in total. The summed E-state index contributed by atoms with van der Waals surface area (Å²) in [5.74, 6) is -0.875. The van der Waals surface area contributed by atoms with E-state index < -0.39 is 5.97 Å². The smallest absolute Gasteiger partial charge is 0.305 e. The van der Waals surface area contributed by atoms with Crippen LogP contribution in [-0.2, 0) is 9.59 Å². The summed E-state index contributed by atoms with van der Waals surface area (Å²) in [6.45, 7) is 2.12. The SMILES string of the molecule is Cc1c(Cl)cccc1-n1ccnc1SCC(=O)N(C)CCC(=O)O. The Balaban J connectivity index is 2.05. The average molecular weight is 368 g/mol. The number of thioether (sulfide) groups is 1. The lowest BCUT2D eigenvalue weighted by Gasteiger charge is -2.16. The molecule has 24 heavy (non-hydrogen) atoms. The molecule has 128 valence electrons. The van der Waals surface area contributed by atoms with E-state index in [1.54, 1.807) is 13.2 Å². The number of amides is 1. The van der Waals surface area contributed by atoms with E-state index in [9.17, 15) is 9.59 Å². The van der Waals surface area contributed by atoms with Crippen LogP contribution in [0.2, 0.25) is 5.02 Å². The number of hydrogen-bond acceptors (Lipinski definition) is 4. The molecule has 2 rings (SSSR count). The largest absolute Gasteiger partial charge is 0.481 e. The Morgan fingerprint density at radius 1 is 1.42 bits per heavy atom. The van der Waals surface area contributed by atoms with Crippen molar-refractivity contribution in [2.75, 3.05) is 19.3 Å². The molecule has 0 saturated carbocycles. The summed E-state index contributed by atoms with van der Waals surface area (Å²) >= 11 is 7.47. The molecule has 1 N–H and O–H groups in total. The van der Waals surface area contributed by atoms with Crippen molar-refractivity contribution in [1.82, 2.24) is 14.5 Å².